The molecule has 4 nitrogen and oxygen atoms in total. The molecule has 0 aliphatic heterocycles. The Kier molecular flexibility index (Phi) is 2.96. The van der Waals surface area contributed by atoms with Gasteiger partial charge in [-0.15, -0.1) is 0 Å². The van der Waals surface area contributed by atoms with E-state index < -0.39 is 5.91 Å². The minimum absolute atomic E-state index is 0.451. The number of primary amides is 1. The predicted octanol–water partition coefficient (Wildman–Crippen LogP) is 0.824. The van der Waals surface area contributed by atoms with Crippen LogP contribution in [0, 0.1) is 0 Å². The average Bonchev–Trinajstić information content (AvgIpc) is 2.16. The van der Waals surface area contributed by atoms with Crippen LogP contribution in [0.1, 0.15) is 17.3 Å². The Morgan fingerprint density at radius 1 is 1.50 bits per heavy atom. The van der Waals surface area contributed by atoms with Gasteiger partial charge in [-0.25, -0.2) is 0 Å². The standard InChI is InChI=1S/C10H15N3O/c1-3-13(2)9-5-4-7(11)6-8(9)10(12)14/h4-6H,3,11H2,1-2H3,(H2,12,14). The molecule has 0 bridgehead atoms. The number of hydrogen-bond donors (Lipinski definition) is 2. The predicted molar refractivity (Wildman–Crippen MR) is 58.3 cm³/mol. The summed E-state index contributed by atoms with van der Waals surface area (Å²) in [5.74, 6) is -0.451. The summed E-state index contributed by atoms with van der Waals surface area (Å²) < 4.78 is 0. The molecule has 0 fully saturated rings. The summed E-state index contributed by atoms with van der Waals surface area (Å²) in [6, 6.07) is 5.16. The molecule has 0 heterocycles. The van der Waals surface area contributed by atoms with Gasteiger partial charge < -0.3 is 16.4 Å². The normalized spacial score (nSPS) is 9.86. The van der Waals surface area contributed by atoms with Gasteiger partial charge in [0.1, 0.15) is 0 Å². The quantitative estimate of drug-likeness (QED) is 0.698. The molecule has 0 radical (unpaired) electrons. The fourth-order valence-electron chi connectivity index (χ4n) is 1.25. The van der Waals surface area contributed by atoms with E-state index in [-0.39, 0.29) is 0 Å². The summed E-state index contributed by atoms with van der Waals surface area (Å²) in [5, 5.41) is 0. The molecule has 0 aromatic heterocycles. The monoisotopic (exact) mass is 193 g/mol. The van der Waals surface area contributed by atoms with Gasteiger partial charge in [0.05, 0.1) is 5.56 Å². The lowest BCUT2D eigenvalue weighted by Gasteiger charge is -2.19. The van der Waals surface area contributed by atoms with Gasteiger partial charge in [-0.1, -0.05) is 0 Å². The zero-order valence-electron chi connectivity index (χ0n) is 8.45. The van der Waals surface area contributed by atoms with Crippen LogP contribution >= 0.6 is 0 Å². The SMILES string of the molecule is CCN(C)c1ccc(N)cc1C(N)=O. The fourth-order valence-corrected chi connectivity index (χ4v) is 1.25. The van der Waals surface area contributed by atoms with Crippen LogP contribution in [0.2, 0.25) is 0 Å². The highest BCUT2D eigenvalue weighted by molar-refractivity contribution is 5.99. The molecule has 0 saturated carbocycles. The van der Waals surface area contributed by atoms with E-state index in [4.69, 9.17) is 11.5 Å². The fraction of sp³-hybridized carbons (Fsp3) is 0.300. The average molecular weight is 193 g/mol. The van der Waals surface area contributed by atoms with Crippen LogP contribution in [0.15, 0.2) is 18.2 Å². The summed E-state index contributed by atoms with van der Waals surface area (Å²) in [6.45, 7) is 2.81. The topological polar surface area (TPSA) is 72.3 Å². The van der Waals surface area contributed by atoms with Gasteiger partial charge >= 0.3 is 0 Å². The van der Waals surface area contributed by atoms with E-state index in [1.165, 1.54) is 0 Å². The molecule has 0 spiro atoms. The lowest BCUT2D eigenvalue weighted by Crippen LogP contribution is -2.22. The Labute approximate surface area is 83.5 Å². The molecule has 1 amide bonds. The summed E-state index contributed by atoms with van der Waals surface area (Å²) in [4.78, 5) is 13.1. The molecule has 1 aromatic carbocycles. The first-order valence-corrected chi connectivity index (χ1v) is 4.46. The van der Waals surface area contributed by atoms with Crippen molar-refractivity contribution >= 4 is 17.3 Å². The third-order valence-electron chi connectivity index (χ3n) is 2.17. The van der Waals surface area contributed by atoms with E-state index in [0.29, 0.717) is 11.3 Å². The number of anilines is 2. The number of nitrogens with zero attached hydrogens (tertiary/aromatic N) is 1. The Balaban J connectivity index is 3.21. The number of amides is 1. The van der Waals surface area contributed by atoms with E-state index in [1.54, 1.807) is 18.2 Å². The van der Waals surface area contributed by atoms with Crippen LogP contribution < -0.4 is 16.4 Å². The number of benzene rings is 1. The summed E-state index contributed by atoms with van der Waals surface area (Å²) in [7, 11) is 1.90. The van der Waals surface area contributed by atoms with Gasteiger partial charge in [0.2, 0.25) is 0 Å². The number of carbonyl (C=O) groups excluding carboxylic acids is 1. The van der Waals surface area contributed by atoms with E-state index in [2.05, 4.69) is 0 Å². The molecule has 4 N–H and O–H groups in total. The summed E-state index contributed by atoms with van der Waals surface area (Å²) in [6.07, 6.45) is 0. The van der Waals surface area contributed by atoms with Crippen LogP contribution in [-0.4, -0.2) is 19.5 Å². The zero-order valence-corrected chi connectivity index (χ0v) is 8.45. The molecule has 0 aliphatic rings. The van der Waals surface area contributed by atoms with E-state index in [1.807, 2.05) is 18.9 Å². The van der Waals surface area contributed by atoms with Crippen LogP contribution in [0.3, 0.4) is 0 Å². The number of nitrogens with two attached hydrogens (primary N) is 2. The van der Waals surface area contributed by atoms with Gasteiger partial charge in [-0.3, -0.25) is 4.79 Å². The Bertz CT molecular complexity index is 349. The Hall–Kier alpha value is -1.71. The smallest absolute Gasteiger partial charge is 0.250 e. The van der Waals surface area contributed by atoms with Crippen molar-refractivity contribution < 1.29 is 4.79 Å². The van der Waals surface area contributed by atoms with E-state index in [0.717, 1.165) is 12.2 Å². The summed E-state index contributed by atoms with van der Waals surface area (Å²) >= 11 is 0. The van der Waals surface area contributed by atoms with E-state index >= 15 is 0 Å². The highest BCUT2D eigenvalue weighted by Crippen LogP contribution is 2.21. The molecular formula is C10H15N3O. The highest BCUT2D eigenvalue weighted by Gasteiger charge is 2.10. The van der Waals surface area contributed by atoms with E-state index in [9.17, 15) is 4.79 Å². The number of nitrogen functional groups attached to an aromatic ring is 1. The van der Waals surface area contributed by atoms with Crippen molar-refractivity contribution in [3.8, 4) is 0 Å². The first-order chi connectivity index (χ1) is 6.56. The second-order valence-corrected chi connectivity index (χ2v) is 3.16. The second-order valence-electron chi connectivity index (χ2n) is 3.16. The number of hydrogen-bond acceptors (Lipinski definition) is 3. The van der Waals surface area contributed by atoms with Crippen molar-refractivity contribution in [1.29, 1.82) is 0 Å². The molecule has 0 saturated heterocycles. The minimum Gasteiger partial charge on any atom is -0.399 e. The van der Waals surface area contributed by atoms with Crippen LogP contribution in [0.25, 0.3) is 0 Å². The molecule has 1 rings (SSSR count). The summed E-state index contributed by atoms with van der Waals surface area (Å²) in [5.41, 5.74) is 12.7. The third-order valence-corrected chi connectivity index (χ3v) is 2.17. The molecule has 1 aromatic rings. The number of rotatable bonds is 3. The highest BCUT2D eigenvalue weighted by atomic mass is 16.1. The van der Waals surface area contributed by atoms with Crippen LogP contribution in [-0.2, 0) is 0 Å². The van der Waals surface area contributed by atoms with Crippen molar-refractivity contribution in [2.24, 2.45) is 5.73 Å². The Morgan fingerprint density at radius 2 is 2.14 bits per heavy atom. The minimum atomic E-state index is -0.451. The maximum Gasteiger partial charge on any atom is 0.250 e. The van der Waals surface area contributed by atoms with Crippen molar-refractivity contribution in [3.63, 3.8) is 0 Å². The first kappa shape index (κ1) is 10.4. The van der Waals surface area contributed by atoms with Gasteiger partial charge in [-0.05, 0) is 25.1 Å². The van der Waals surface area contributed by atoms with Gasteiger partial charge in [0, 0.05) is 25.0 Å². The molecule has 0 aliphatic carbocycles. The third kappa shape index (κ3) is 1.96. The van der Waals surface area contributed by atoms with Gasteiger partial charge in [0.25, 0.3) is 5.91 Å². The van der Waals surface area contributed by atoms with Crippen LogP contribution in [0.5, 0.6) is 0 Å². The van der Waals surface area contributed by atoms with Crippen molar-refractivity contribution in [1.82, 2.24) is 0 Å². The van der Waals surface area contributed by atoms with Crippen molar-refractivity contribution in [2.45, 2.75) is 6.92 Å². The Morgan fingerprint density at radius 3 is 2.64 bits per heavy atom. The molecular weight excluding hydrogens is 178 g/mol. The van der Waals surface area contributed by atoms with Crippen molar-refractivity contribution in [2.75, 3.05) is 24.2 Å². The maximum atomic E-state index is 11.1. The lowest BCUT2D eigenvalue weighted by atomic mass is 10.1. The molecule has 14 heavy (non-hydrogen) atoms. The van der Waals surface area contributed by atoms with Crippen LogP contribution in [0.4, 0.5) is 11.4 Å². The first-order valence-electron chi connectivity index (χ1n) is 4.46. The number of carbonyl (C=O) groups is 1. The second kappa shape index (κ2) is 4.00. The lowest BCUT2D eigenvalue weighted by molar-refractivity contribution is 0.100. The molecule has 4 heteroatoms. The maximum absolute atomic E-state index is 11.1. The molecule has 0 atom stereocenters. The largest absolute Gasteiger partial charge is 0.399 e. The molecule has 0 unspecified atom stereocenters. The van der Waals surface area contributed by atoms with Gasteiger partial charge in [-0.2, -0.15) is 0 Å². The van der Waals surface area contributed by atoms with Gasteiger partial charge in [0.15, 0.2) is 0 Å². The molecule has 76 valence electrons. The van der Waals surface area contributed by atoms with Crippen molar-refractivity contribution in [3.05, 3.63) is 23.8 Å². The zero-order chi connectivity index (χ0) is 10.7.